The summed E-state index contributed by atoms with van der Waals surface area (Å²) in [7, 11) is 0. The molecule has 92 valence electrons. The van der Waals surface area contributed by atoms with Crippen LogP contribution in [0.3, 0.4) is 0 Å². The summed E-state index contributed by atoms with van der Waals surface area (Å²) in [6.45, 7) is 0.681. The second-order valence-corrected chi connectivity index (χ2v) is 4.60. The van der Waals surface area contributed by atoms with E-state index in [4.69, 9.17) is 22.1 Å². The molecule has 4 nitrogen and oxygen atoms in total. The minimum absolute atomic E-state index is 0.0549. The first-order valence-corrected chi connectivity index (χ1v) is 5.98. The van der Waals surface area contributed by atoms with Gasteiger partial charge < -0.3 is 15.8 Å². The molecule has 1 aliphatic carbocycles. The summed E-state index contributed by atoms with van der Waals surface area (Å²) in [5.74, 6) is 0.885. The Morgan fingerprint density at radius 1 is 1.53 bits per heavy atom. The predicted octanol–water partition coefficient (Wildman–Crippen LogP) is 1.83. The van der Waals surface area contributed by atoms with E-state index in [1.807, 2.05) is 0 Å². The molecule has 0 radical (unpaired) electrons. The molecule has 1 saturated carbocycles. The van der Waals surface area contributed by atoms with Gasteiger partial charge in [-0.2, -0.15) is 0 Å². The lowest BCUT2D eigenvalue weighted by Crippen LogP contribution is -2.30. The van der Waals surface area contributed by atoms with Gasteiger partial charge in [-0.25, -0.2) is 0 Å². The maximum absolute atomic E-state index is 11.5. The summed E-state index contributed by atoms with van der Waals surface area (Å²) >= 11 is 5.91. The van der Waals surface area contributed by atoms with Crippen molar-refractivity contribution in [2.24, 2.45) is 5.92 Å². The lowest BCUT2D eigenvalue weighted by molar-refractivity contribution is -0.123. The van der Waals surface area contributed by atoms with Crippen LogP contribution in [0.15, 0.2) is 18.2 Å². The lowest BCUT2D eigenvalue weighted by Gasteiger charge is -2.10. The van der Waals surface area contributed by atoms with Crippen molar-refractivity contribution in [2.75, 3.05) is 18.9 Å². The number of anilines is 1. The third kappa shape index (κ3) is 3.53. The fourth-order valence-electron chi connectivity index (χ4n) is 1.45. The minimum atomic E-state index is -0.142. The van der Waals surface area contributed by atoms with Gasteiger partial charge in [0.2, 0.25) is 0 Å². The number of nitrogens with one attached hydrogen (secondary N) is 1. The summed E-state index contributed by atoms with van der Waals surface area (Å²) < 4.78 is 5.31. The van der Waals surface area contributed by atoms with Gasteiger partial charge in [-0.3, -0.25) is 4.79 Å². The molecule has 17 heavy (non-hydrogen) atoms. The van der Waals surface area contributed by atoms with Crippen LogP contribution >= 0.6 is 11.6 Å². The number of carbonyl (C=O) groups excluding carboxylic acids is 1. The van der Waals surface area contributed by atoms with Gasteiger partial charge in [-0.1, -0.05) is 17.7 Å². The van der Waals surface area contributed by atoms with Gasteiger partial charge in [0.25, 0.3) is 5.91 Å². The van der Waals surface area contributed by atoms with Gasteiger partial charge in [-0.15, -0.1) is 0 Å². The van der Waals surface area contributed by atoms with Crippen molar-refractivity contribution in [3.63, 3.8) is 0 Å². The van der Waals surface area contributed by atoms with Crippen molar-refractivity contribution >= 4 is 23.2 Å². The molecule has 1 fully saturated rings. The van der Waals surface area contributed by atoms with Crippen LogP contribution in [-0.2, 0) is 4.79 Å². The Hall–Kier alpha value is -1.42. The molecule has 0 aliphatic heterocycles. The molecular formula is C12H15ClN2O2. The average molecular weight is 255 g/mol. The Bertz CT molecular complexity index is 399. The molecule has 0 unspecified atom stereocenters. The van der Waals surface area contributed by atoms with Crippen LogP contribution in [0, 0.1) is 5.92 Å². The number of hydrogen-bond acceptors (Lipinski definition) is 3. The molecule has 5 heteroatoms. The van der Waals surface area contributed by atoms with Crippen LogP contribution in [-0.4, -0.2) is 19.1 Å². The Morgan fingerprint density at radius 2 is 2.29 bits per heavy atom. The Labute approximate surface area is 105 Å². The molecule has 0 saturated heterocycles. The van der Waals surface area contributed by atoms with Crippen LogP contribution in [0.4, 0.5) is 5.69 Å². The maximum atomic E-state index is 11.5. The van der Waals surface area contributed by atoms with E-state index in [9.17, 15) is 4.79 Å². The largest absolute Gasteiger partial charge is 0.480 e. The number of hydrogen-bond donors (Lipinski definition) is 2. The van der Waals surface area contributed by atoms with E-state index in [1.54, 1.807) is 18.2 Å². The SMILES string of the molecule is Nc1cccc(Cl)c1OCC(=O)NCC1CC1. The van der Waals surface area contributed by atoms with Crippen LogP contribution in [0.5, 0.6) is 5.75 Å². The van der Waals surface area contributed by atoms with Crippen LogP contribution < -0.4 is 15.8 Å². The van der Waals surface area contributed by atoms with Crippen molar-refractivity contribution in [1.82, 2.24) is 5.32 Å². The molecule has 2 rings (SSSR count). The predicted molar refractivity (Wildman–Crippen MR) is 67.1 cm³/mol. The van der Waals surface area contributed by atoms with E-state index in [1.165, 1.54) is 12.8 Å². The third-order valence-corrected chi connectivity index (χ3v) is 2.93. The molecule has 3 N–H and O–H groups in total. The highest BCUT2D eigenvalue weighted by atomic mass is 35.5. The van der Waals surface area contributed by atoms with Crippen LogP contribution in [0.1, 0.15) is 12.8 Å². The second-order valence-electron chi connectivity index (χ2n) is 4.19. The highest BCUT2D eigenvalue weighted by Crippen LogP contribution is 2.30. The van der Waals surface area contributed by atoms with Gasteiger partial charge in [0.1, 0.15) is 0 Å². The molecule has 0 atom stereocenters. The number of nitrogens with two attached hydrogens (primary N) is 1. The van der Waals surface area contributed by atoms with Crippen molar-refractivity contribution in [3.05, 3.63) is 23.2 Å². The summed E-state index contributed by atoms with van der Waals surface area (Å²) in [5.41, 5.74) is 6.14. The molecule has 1 aromatic carbocycles. The number of para-hydroxylation sites is 1. The molecule has 0 spiro atoms. The van der Waals surface area contributed by atoms with Gasteiger partial charge in [0.15, 0.2) is 12.4 Å². The number of ether oxygens (including phenoxy) is 1. The van der Waals surface area contributed by atoms with Crippen molar-refractivity contribution in [2.45, 2.75) is 12.8 Å². The van der Waals surface area contributed by atoms with Crippen molar-refractivity contribution < 1.29 is 9.53 Å². The third-order valence-electron chi connectivity index (χ3n) is 2.63. The van der Waals surface area contributed by atoms with Crippen molar-refractivity contribution in [3.8, 4) is 5.75 Å². The molecule has 1 amide bonds. The van der Waals surface area contributed by atoms with E-state index in [0.29, 0.717) is 22.4 Å². The molecule has 0 aromatic heterocycles. The van der Waals surface area contributed by atoms with Crippen molar-refractivity contribution in [1.29, 1.82) is 0 Å². The molecule has 0 heterocycles. The van der Waals surface area contributed by atoms with E-state index < -0.39 is 0 Å². The molecule has 0 bridgehead atoms. The summed E-state index contributed by atoms with van der Waals surface area (Å²) in [5, 5.41) is 3.22. The first kappa shape index (κ1) is 12.0. The standard InChI is InChI=1S/C12H15ClN2O2/c13-9-2-1-3-10(14)12(9)17-7-11(16)15-6-8-4-5-8/h1-3,8H,4-7,14H2,(H,15,16). The fraction of sp³-hybridized carbons (Fsp3) is 0.417. The Kier molecular flexibility index (Phi) is 3.74. The number of amides is 1. The molecule has 1 aromatic rings. The highest BCUT2D eigenvalue weighted by molar-refractivity contribution is 6.32. The molecular weight excluding hydrogens is 240 g/mol. The second kappa shape index (κ2) is 5.27. The summed E-state index contributed by atoms with van der Waals surface area (Å²) in [6.07, 6.45) is 2.41. The topological polar surface area (TPSA) is 64.3 Å². The maximum Gasteiger partial charge on any atom is 0.257 e. The van der Waals surface area contributed by atoms with Crippen LogP contribution in [0.2, 0.25) is 5.02 Å². The number of nitrogen functional groups attached to an aromatic ring is 1. The monoisotopic (exact) mass is 254 g/mol. The smallest absolute Gasteiger partial charge is 0.257 e. The van der Waals surface area contributed by atoms with E-state index in [-0.39, 0.29) is 12.5 Å². The Morgan fingerprint density at radius 3 is 2.94 bits per heavy atom. The number of halogens is 1. The van der Waals surface area contributed by atoms with Crippen LogP contribution in [0.25, 0.3) is 0 Å². The van der Waals surface area contributed by atoms with E-state index in [2.05, 4.69) is 5.32 Å². The number of benzene rings is 1. The normalized spacial score (nSPS) is 14.4. The average Bonchev–Trinajstić information content (AvgIpc) is 3.09. The van der Waals surface area contributed by atoms with E-state index in [0.717, 1.165) is 6.54 Å². The van der Waals surface area contributed by atoms with Gasteiger partial charge in [0.05, 0.1) is 10.7 Å². The zero-order valence-corrected chi connectivity index (χ0v) is 10.2. The lowest BCUT2D eigenvalue weighted by atomic mass is 10.3. The van der Waals surface area contributed by atoms with Gasteiger partial charge >= 0.3 is 0 Å². The zero-order chi connectivity index (χ0) is 12.3. The quantitative estimate of drug-likeness (QED) is 0.788. The molecule has 1 aliphatic rings. The highest BCUT2D eigenvalue weighted by Gasteiger charge is 2.21. The first-order valence-electron chi connectivity index (χ1n) is 5.60. The first-order chi connectivity index (χ1) is 8.16. The summed E-state index contributed by atoms with van der Waals surface area (Å²) in [6, 6.07) is 5.09. The number of carbonyl (C=O) groups is 1. The number of rotatable bonds is 5. The summed E-state index contributed by atoms with van der Waals surface area (Å²) in [4.78, 5) is 11.5. The zero-order valence-electron chi connectivity index (χ0n) is 9.41. The minimum Gasteiger partial charge on any atom is -0.480 e. The van der Waals surface area contributed by atoms with E-state index >= 15 is 0 Å². The Balaban J connectivity index is 1.81. The van der Waals surface area contributed by atoms with Gasteiger partial charge in [0, 0.05) is 6.54 Å². The van der Waals surface area contributed by atoms with Gasteiger partial charge in [-0.05, 0) is 30.9 Å². The fourth-order valence-corrected chi connectivity index (χ4v) is 1.68.